The summed E-state index contributed by atoms with van der Waals surface area (Å²) < 4.78 is 0. The molecule has 3 heteroatoms. The van der Waals surface area contributed by atoms with Crippen LogP contribution in [-0.4, -0.2) is 6.54 Å². The van der Waals surface area contributed by atoms with E-state index in [0.717, 1.165) is 24.4 Å². The van der Waals surface area contributed by atoms with Crippen LogP contribution >= 0.6 is 11.6 Å². The zero-order valence-corrected chi connectivity index (χ0v) is 9.17. The van der Waals surface area contributed by atoms with Crippen molar-refractivity contribution in [3.05, 3.63) is 34.9 Å². The first kappa shape index (κ1) is 10.5. The van der Waals surface area contributed by atoms with Gasteiger partial charge in [0, 0.05) is 17.0 Å². The highest BCUT2D eigenvalue weighted by Crippen LogP contribution is 2.27. The third kappa shape index (κ3) is 2.50. The molecule has 1 heterocycles. The summed E-state index contributed by atoms with van der Waals surface area (Å²) in [5.41, 5.74) is 1.18. The Morgan fingerprint density at radius 3 is 3.07 bits per heavy atom. The minimum Gasteiger partial charge on any atom is -0.310 e. The van der Waals surface area contributed by atoms with E-state index in [1.165, 1.54) is 5.56 Å². The lowest BCUT2D eigenvalue weighted by Crippen LogP contribution is -2.31. The summed E-state index contributed by atoms with van der Waals surface area (Å²) in [6, 6.07) is 10.5. The Morgan fingerprint density at radius 1 is 1.47 bits per heavy atom. The molecule has 1 aliphatic rings. The van der Waals surface area contributed by atoms with Gasteiger partial charge in [-0.2, -0.15) is 5.26 Å². The second-order valence-electron chi connectivity index (χ2n) is 3.91. The lowest BCUT2D eigenvalue weighted by Gasteiger charge is -2.27. The molecule has 0 aromatic heterocycles. The summed E-state index contributed by atoms with van der Waals surface area (Å²) >= 11 is 5.94. The van der Waals surface area contributed by atoms with Crippen LogP contribution in [-0.2, 0) is 0 Å². The number of benzene rings is 1. The lowest BCUT2D eigenvalue weighted by molar-refractivity contribution is 0.356. The summed E-state index contributed by atoms with van der Waals surface area (Å²) in [7, 11) is 0. The Hall–Kier alpha value is -1.04. The number of rotatable bonds is 1. The molecule has 1 aromatic rings. The van der Waals surface area contributed by atoms with Crippen molar-refractivity contribution >= 4 is 11.6 Å². The van der Waals surface area contributed by atoms with Crippen LogP contribution < -0.4 is 5.32 Å². The van der Waals surface area contributed by atoms with E-state index in [9.17, 15) is 0 Å². The highest BCUT2D eigenvalue weighted by molar-refractivity contribution is 6.30. The summed E-state index contributed by atoms with van der Waals surface area (Å²) in [6.07, 6.45) is 1.84. The normalized spacial score (nSPS) is 25.9. The van der Waals surface area contributed by atoms with Crippen LogP contribution in [0.15, 0.2) is 24.3 Å². The average Bonchev–Trinajstić information content (AvgIpc) is 2.29. The Kier molecular flexibility index (Phi) is 3.25. The maximum atomic E-state index is 8.91. The molecule has 2 rings (SSSR count). The van der Waals surface area contributed by atoms with Crippen molar-refractivity contribution in [2.45, 2.75) is 18.9 Å². The van der Waals surface area contributed by atoms with E-state index < -0.39 is 0 Å². The van der Waals surface area contributed by atoms with Crippen LogP contribution in [0.5, 0.6) is 0 Å². The van der Waals surface area contributed by atoms with Gasteiger partial charge >= 0.3 is 0 Å². The van der Waals surface area contributed by atoms with Gasteiger partial charge < -0.3 is 5.32 Å². The summed E-state index contributed by atoms with van der Waals surface area (Å²) in [5.74, 6) is 0.176. The van der Waals surface area contributed by atoms with Crippen molar-refractivity contribution < 1.29 is 0 Å². The maximum absolute atomic E-state index is 8.91. The van der Waals surface area contributed by atoms with Crippen molar-refractivity contribution in [1.29, 1.82) is 5.26 Å². The summed E-state index contributed by atoms with van der Waals surface area (Å²) in [6.45, 7) is 0.912. The standard InChI is InChI=1S/C12H13ClN2/c13-11-3-1-2-10(7-11)12-6-9(8-14)4-5-15-12/h1-3,7,9,12,15H,4-6H2. The minimum atomic E-state index is 0.176. The van der Waals surface area contributed by atoms with Gasteiger partial charge in [0.1, 0.15) is 0 Å². The average molecular weight is 221 g/mol. The number of hydrogen-bond acceptors (Lipinski definition) is 2. The van der Waals surface area contributed by atoms with E-state index in [1.54, 1.807) is 0 Å². The summed E-state index contributed by atoms with van der Waals surface area (Å²) in [5, 5.41) is 13.1. The number of halogens is 1. The maximum Gasteiger partial charge on any atom is 0.0657 e. The van der Waals surface area contributed by atoms with Gasteiger partial charge in [0.15, 0.2) is 0 Å². The molecule has 0 saturated carbocycles. The van der Waals surface area contributed by atoms with Gasteiger partial charge in [-0.05, 0) is 37.1 Å². The Bertz CT molecular complexity index is 383. The van der Waals surface area contributed by atoms with E-state index in [-0.39, 0.29) is 12.0 Å². The van der Waals surface area contributed by atoms with Gasteiger partial charge in [-0.15, -0.1) is 0 Å². The fourth-order valence-corrected chi connectivity index (χ4v) is 2.21. The molecule has 2 nitrogen and oxygen atoms in total. The van der Waals surface area contributed by atoms with E-state index >= 15 is 0 Å². The van der Waals surface area contributed by atoms with Gasteiger partial charge in [0.05, 0.1) is 6.07 Å². The van der Waals surface area contributed by atoms with Gasteiger partial charge in [-0.3, -0.25) is 0 Å². The van der Waals surface area contributed by atoms with E-state index in [1.807, 2.05) is 18.2 Å². The lowest BCUT2D eigenvalue weighted by atomic mass is 9.90. The molecular formula is C12H13ClN2. The highest BCUT2D eigenvalue weighted by atomic mass is 35.5. The minimum absolute atomic E-state index is 0.176. The van der Waals surface area contributed by atoms with Crippen molar-refractivity contribution in [3.8, 4) is 6.07 Å². The van der Waals surface area contributed by atoms with Gasteiger partial charge in [-0.1, -0.05) is 23.7 Å². The first-order valence-corrected chi connectivity index (χ1v) is 5.56. The molecule has 0 bridgehead atoms. The number of hydrogen-bond donors (Lipinski definition) is 1. The SMILES string of the molecule is N#CC1CCNC(c2cccc(Cl)c2)C1. The first-order valence-electron chi connectivity index (χ1n) is 5.18. The molecule has 2 atom stereocenters. The molecule has 15 heavy (non-hydrogen) atoms. The van der Waals surface area contributed by atoms with Crippen LogP contribution in [0.25, 0.3) is 0 Å². The van der Waals surface area contributed by atoms with Gasteiger partial charge in [0.2, 0.25) is 0 Å². The van der Waals surface area contributed by atoms with E-state index in [0.29, 0.717) is 0 Å². The third-order valence-corrected chi connectivity index (χ3v) is 3.07. The molecule has 1 N–H and O–H groups in total. The topological polar surface area (TPSA) is 35.8 Å². The number of nitrogens with one attached hydrogen (secondary N) is 1. The molecule has 1 fully saturated rings. The highest BCUT2D eigenvalue weighted by Gasteiger charge is 2.22. The molecule has 0 amide bonds. The third-order valence-electron chi connectivity index (χ3n) is 2.84. The van der Waals surface area contributed by atoms with Crippen LogP contribution in [0.1, 0.15) is 24.4 Å². The number of piperidine rings is 1. The molecule has 0 radical (unpaired) electrons. The molecule has 1 aromatic carbocycles. The Balaban J connectivity index is 2.14. The van der Waals surface area contributed by atoms with Crippen molar-refractivity contribution in [3.63, 3.8) is 0 Å². The van der Waals surface area contributed by atoms with Crippen molar-refractivity contribution in [2.75, 3.05) is 6.54 Å². The van der Waals surface area contributed by atoms with Crippen molar-refractivity contribution in [1.82, 2.24) is 5.32 Å². The molecule has 1 aliphatic heterocycles. The van der Waals surface area contributed by atoms with Crippen LogP contribution in [0.4, 0.5) is 0 Å². The van der Waals surface area contributed by atoms with E-state index in [2.05, 4.69) is 17.5 Å². The second-order valence-corrected chi connectivity index (χ2v) is 4.35. The monoisotopic (exact) mass is 220 g/mol. The molecule has 2 unspecified atom stereocenters. The second kappa shape index (κ2) is 4.65. The van der Waals surface area contributed by atoms with Crippen LogP contribution in [0.2, 0.25) is 5.02 Å². The molecular weight excluding hydrogens is 208 g/mol. The number of nitrogens with zero attached hydrogens (tertiary/aromatic N) is 1. The van der Waals surface area contributed by atoms with Crippen molar-refractivity contribution in [2.24, 2.45) is 5.92 Å². The zero-order chi connectivity index (χ0) is 10.7. The fourth-order valence-electron chi connectivity index (χ4n) is 2.01. The first-order chi connectivity index (χ1) is 7.29. The van der Waals surface area contributed by atoms with Crippen LogP contribution in [0, 0.1) is 17.2 Å². The van der Waals surface area contributed by atoms with Crippen LogP contribution in [0.3, 0.4) is 0 Å². The molecule has 78 valence electrons. The largest absolute Gasteiger partial charge is 0.310 e. The molecule has 0 spiro atoms. The molecule has 0 aliphatic carbocycles. The number of nitriles is 1. The quantitative estimate of drug-likeness (QED) is 0.790. The Labute approximate surface area is 94.9 Å². The zero-order valence-electron chi connectivity index (χ0n) is 8.41. The Morgan fingerprint density at radius 2 is 2.33 bits per heavy atom. The smallest absolute Gasteiger partial charge is 0.0657 e. The predicted octanol–water partition coefficient (Wildman–Crippen LogP) is 2.90. The van der Waals surface area contributed by atoms with Gasteiger partial charge in [0.25, 0.3) is 0 Å². The van der Waals surface area contributed by atoms with Gasteiger partial charge in [-0.25, -0.2) is 0 Å². The molecule has 1 saturated heterocycles. The summed E-state index contributed by atoms with van der Waals surface area (Å²) in [4.78, 5) is 0. The predicted molar refractivity (Wildman–Crippen MR) is 60.5 cm³/mol. The fraction of sp³-hybridized carbons (Fsp3) is 0.417. The van der Waals surface area contributed by atoms with E-state index in [4.69, 9.17) is 16.9 Å².